The number of halogens is 12. The highest BCUT2D eigenvalue weighted by Crippen LogP contribution is 2.55. The molecule has 0 spiro atoms. The number of carbonyl (C=O) groups is 2. The fraction of sp³-hybridized carbons (Fsp3) is 0.333. The zero-order valence-corrected chi connectivity index (χ0v) is 26.9. The van der Waals surface area contributed by atoms with Gasteiger partial charge in [0, 0.05) is 27.4 Å². The molecule has 0 aromatic heterocycles. The summed E-state index contributed by atoms with van der Waals surface area (Å²) in [7, 11) is 0. The standard InChI is InChI=1S/C30H22BrF11N2O4S/c1-14(16-9-10-16)44(26(46)17-7-5-15(6-8-17)13-49(47)48)22-4-2-3-19(23(22)32)25(45)43-24-20(28(34,35)36)11-18(12-21(24)31)27(33,29(37,38)39)30(40,41)42/h2-8,11-12,14,16H,9-10,13H2,1H3,(H,43,45)(H,47,48)/p-1. The van der Waals surface area contributed by atoms with E-state index in [0.29, 0.717) is 18.4 Å². The molecule has 2 amide bonds. The molecule has 3 aromatic rings. The molecule has 0 bridgehead atoms. The Labute approximate surface area is 281 Å². The summed E-state index contributed by atoms with van der Waals surface area (Å²) in [4.78, 5) is 27.8. The van der Waals surface area contributed by atoms with Crippen LogP contribution in [0.3, 0.4) is 0 Å². The third kappa shape index (κ3) is 7.77. The Bertz CT molecular complexity index is 1760. The van der Waals surface area contributed by atoms with Gasteiger partial charge >= 0.3 is 24.2 Å². The van der Waals surface area contributed by atoms with Crippen LogP contribution in [0.2, 0.25) is 0 Å². The van der Waals surface area contributed by atoms with Crippen molar-refractivity contribution < 1.29 is 66.6 Å². The van der Waals surface area contributed by atoms with Crippen molar-refractivity contribution in [2.75, 3.05) is 10.2 Å². The van der Waals surface area contributed by atoms with Gasteiger partial charge in [0.1, 0.15) is 0 Å². The first-order chi connectivity index (χ1) is 22.5. The van der Waals surface area contributed by atoms with Crippen molar-refractivity contribution in [3.05, 3.63) is 92.7 Å². The Morgan fingerprint density at radius 3 is 2.02 bits per heavy atom. The molecule has 0 aliphatic heterocycles. The second kappa shape index (κ2) is 13.6. The number of benzene rings is 3. The Balaban J connectivity index is 1.77. The van der Waals surface area contributed by atoms with Gasteiger partial charge < -0.3 is 14.8 Å². The first-order valence-electron chi connectivity index (χ1n) is 13.8. The molecule has 49 heavy (non-hydrogen) atoms. The van der Waals surface area contributed by atoms with Gasteiger partial charge in [-0.05, 0) is 83.6 Å². The van der Waals surface area contributed by atoms with Crippen LogP contribution >= 0.6 is 15.9 Å². The third-order valence-corrected chi connectivity index (χ3v) is 8.91. The Kier molecular flexibility index (Phi) is 10.6. The van der Waals surface area contributed by atoms with E-state index in [2.05, 4.69) is 15.9 Å². The van der Waals surface area contributed by atoms with E-state index in [1.54, 1.807) is 12.2 Å². The second-order valence-corrected chi connectivity index (χ2v) is 12.8. The molecule has 266 valence electrons. The monoisotopic (exact) mass is 793 g/mol. The van der Waals surface area contributed by atoms with Crippen molar-refractivity contribution in [2.45, 2.75) is 55.8 Å². The number of anilines is 2. The lowest BCUT2D eigenvalue weighted by Crippen LogP contribution is -2.50. The Morgan fingerprint density at radius 2 is 1.53 bits per heavy atom. The number of amides is 2. The van der Waals surface area contributed by atoms with Crippen LogP contribution in [0.4, 0.5) is 59.7 Å². The molecule has 3 aromatic carbocycles. The quantitative estimate of drug-likeness (QED) is 0.173. The van der Waals surface area contributed by atoms with E-state index < -0.39 is 97.6 Å². The van der Waals surface area contributed by atoms with E-state index in [9.17, 15) is 62.3 Å². The van der Waals surface area contributed by atoms with Crippen molar-refractivity contribution in [1.29, 1.82) is 0 Å². The topological polar surface area (TPSA) is 89.5 Å². The van der Waals surface area contributed by atoms with Gasteiger partial charge in [0.2, 0.25) is 0 Å². The first-order valence-corrected chi connectivity index (χ1v) is 15.8. The Hall–Kier alpha value is -3.58. The molecule has 6 nitrogen and oxygen atoms in total. The molecule has 0 saturated heterocycles. The van der Waals surface area contributed by atoms with Crippen molar-refractivity contribution in [3.8, 4) is 0 Å². The van der Waals surface area contributed by atoms with Gasteiger partial charge in [-0.25, -0.2) is 8.78 Å². The average Bonchev–Trinajstić information content (AvgIpc) is 3.82. The summed E-state index contributed by atoms with van der Waals surface area (Å²) in [6.07, 6.45) is -18.0. The van der Waals surface area contributed by atoms with Crippen LogP contribution in [0.1, 0.15) is 57.2 Å². The highest BCUT2D eigenvalue weighted by atomic mass is 79.9. The SMILES string of the molecule is CC(C1CC1)N(C(=O)c1ccc(CS(=O)[O-])cc1)c1cccc(C(=O)Nc2c(Br)cc(C(F)(C(F)(F)F)C(F)(F)F)cc2C(F)(F)F)c1F. The summed E-state index contributed by atoms with van der Waals surface area (Å²) in [6, 6.07) is 6.56. The number of hydrogen-bond donors (Lipinski definition) is 1. The number of carbonyl (C=O) groups excluding carboxylic acids is 2. The van der Waals surface area contributed by atoms with E-state index >= 15 is 4.39 Å². The molecule has 19 heteroatoms. The zero-order valence-electron chi connectivity index (χ0n) is 24.5. The fourth-order valence-electron chi connectivity index (χ4n) is 5.03. The van der Waals surface area contributed by atoms with E-state index in [4.69, 9.17) is 0 Å². The predicted octanol–water partition coefficient (Wildman–Crippen LogP) is 8.97. The Morgan fingerprint density at radius 1 is 0.959 bits per heavy atom. The minimum atomic E-state index is -6.75. The number of rotatable bonds is 9. The lowest BCUT2D eigenvalue weighted by molar-refractivity contribution is -0.348. The van der Waals surface area contributed by atoms with Crippen molar-refractivity contribution >= 4 is 50.2 Å². The molecular weight excluding hydrogens is 773 g/mol. The molecule has 1 aliphatic carbocycles. The lowest BCUT2D eigenvalue weighted by Gasteiger charge is -2.31. The summed E-state index contributed by atoms with van der Waals surface area (Å²) in [5.41, 5.74) is -13.6. The normalized spacial score (nSPS) is 15.5. The maximum atomic E-state index is 16.1. The maximum Gasteiger partial charge on any atom is 0.435 e. The van der Waals surface area contributed by atoms with Crippen LogP contribution in [0.15, 0.2) is 59.1 Å². The molecule has 1 fully saturated rings. The minimum Gasteiger partial charge on any atom is -0.772 e. The molecule has 2 atom stereocenters. The van der Waals surface area contributed by atoms with Gasteiger partial charge in [0.25, 0.3) is 11.8 Å². The zero-order chi connectivity index (χ0) is 36.9. The smallest absolute Gasteiger partial charge is 0.435 e. The highest BCUT2D eigenvalue weighted by molar-refractivity contribution is 9.10. The van der Waals surface area contributed by atoms with E-state index in [0.717, 1.165) is 23.1 Å². The molecular formula is C30H21BrF11N2O4S-. The summed E-state index contributed by atoms with van der Waals surface area (Å²) < 4.78 is 173. The van der Waals surface area contributed by atoms with Gasteiger partial charge in [-0.2, -0.15) is 39.5 Å². The van der Waals surface area contributed by atoms with Crippen LogP contribution in [0.25, 0.3) is 0 Å². The third-order valence-electron chi connectivity index (χ3n) is 7.71. The molecule has 1 N–H and O–H groups in total. The van der Waals surface area contributed by atoms with Crippen molar-refractivity contribution in [2.24, 2.45) is 5.92 Å². The second-order valence-electron chi connectivity index (χ2n) is 11.0. The van der Waals surface area contributed by atoms with E-state index in [1.807, 2.05) is 0 Å². The van der Waals surface area contributed by atoms with Gasteiger partial charge in [0.15, 0.2) is 5.82 Å². The van der Waals surface area contributed by atoms with Crippen LogP contribution in [0.5, 0.6) is 0 Å². The van der Waals surface area contributed by atoms with E-state index in [-0.39, 0.29) is 23.3 Å². The van der Waals surface area contributed by atoms with Gasteiger partial charge in [0.05, 0.1) is 22.5 Å². The van der Waals surface area contributed by atoms with E-state index in [1.165, 1.54) is 24.3 Å². The molecule has 1 saturated carbocycles. The summed E-state index contributed by atoms with van der Waals surface area (Å²) in [5, 5.41) is 1.63. The van der Waals surface area contributed by atoms with Crippen molar-refractivity contribution in [3.63, 3.8) is 0 Å². The highest BCUT2D eigenvalue weighted by Gasteiger charge is 2.73. The van der Waals surface area contributed by atoms with Gasteiger partial charge in [-0.3, -0.25) is 13.8 Å². The molecule has 2 unspecified atom stereocenters. The molecule has 0 heterocycles. The molecule has 4 rings (SSSR count). The van der Waals surface area contributed by atoms with Crippen LogP contribution in [0, 0.1) is 11.7 Å². The first kappa shape index (κ1) is 38.2. The van der Waals surface area contributed by atoms with Crippen LogP contribution < -0.4 is 10.2 Å². The van der Waals surface area contributed by atoms with Crippen molar-refractivity contribution in [1.82, 2.24) is 0 Å². The largest absolute Gasteiger partial charge is 0.772 e. The van der Waals surface area contributed by atoms with Crippen LogP contribution in [-0.4, -0.2) is 39.0 Å². The lowest BCUT2D eigenvalue weighted by atomic mass is 9.92. The number of nitrogens with zero attached hydrogens (tertiary/aromatic N) is 1. The fourth-order valence-corrected chi connectivity index (χ4v) is 6.05. The van der Waals surface area contributed by atoms with Gasteiger partial charge in [-0.1, -0.05) is 29.3 Å². The van der Waals surface area contributed by atoms with Crippen LogP contribution in [-0.2, 0) is 28.7 Å². The van der Waals surface area contributed by atoms with Gasteiger partial charge in [-0.15, -0.1) is 0 Å². The summed E-state index contributed by atoms with van der Waals surface area (Å²) in [5.74, 6) is -4.32. The summed E-state index contributed by atoms with van der Waals surface area (Å²) >= 11 is -0.0470. The summed E-state index contributed by atoms with van der Waals surface area (Å²) in [6.45, 7) is 1.58. The number of hydrogen-bond acceptors (Lipinski definition) is 4. The number of alkyl halides is 10. The molecule has 0 radical (unpaired) electrons. The minimum absolute atomic E-state index is 0.0114. The molecule has 1 aliphatic rings. The number of nitrogens with one attached hydrogen (secondary N) is 1. The predicted molar refractivity (Wildman–Crippen MR) is 156 cm³/mol. The average molecular weight is 794 g/mol. The maximum absolute atomic E-state index is 16.1.